The number of halogens is 1. The molecule has 0 aliphatic heterocycles. The number of amides is 1. The Morgan fingerprint density at radius 2 is 2.12 bits per heavy atom. The molecule has 25 heavy (non-hydrogen) atoms. The number of esters is 1. The van der Waals surface area contributed by atoms with Crippen LogP contribution in [0.3, 0.4) is 0 Å². The van der Waals surface area contributed by atoms with Crippen LogP contribution in [0.4, 0.5) is 5.13 Å². The van der Waals surface area contributed by atoms with Crippen molar-refractivity contribution in [3.8, 4) is 0 Å². The topological polar surface area (TPSA) is 127 Å². The summed E-state index contributed by atoms with van der Waals surface area (Å²) in [5, 5.41) is 15.0. The number of carbonyl (C=O) groups is 3. The van der Waals surface area contributed by atoms with Crippen molar-refractivity contribution in [1.82, 2.24) is 4.98 Å². The molecule has 0 unspecified atom stereocenters. The Morgan fingerprint density at radius 1 is 1.44 bits per heavy atom. The Hall–Kier alpha value is -2.46. The number of hydrogen-bond donors (Lipinski definition) is 2. The molecule has 0 saturated carbocycles. The van der Waals surface area contributed by atoms with Crippen LogP contribution in [0.1, 0.15) is 32.9 Å². The van der Waals surface area contributed by atoms with Crippen LogP contribution in [0.2, 0.25) is 4.34 Å². The number of ether oxygens (including phenoxy) is 1. The minimum Gasteiger partial charge on any atom is -0.476 e. The van der Waals surface area contributed by atoms with E-state index in [4.69, 9.17) is 26.3 Å². The first-order valence-electron chi connectivity index (χ1n) is 6.85. The van der Waals surface area contributed by atoms with E-state index >= 15 is 0 Å². The van der Waals surface area contributed by atoms with Crippen LogP contribution in [-0.2, 0) is 24.0 Å². The van der Waals surface area contributed by atoms with Gasteiger partial charge in [0.15, 0.2) is 5.13 Å². The standard InChI is InChI=1S/C14H16ClN3O6S/c1-14(2,3)24-8(20)5-4-6-23-18-10(12(21)22)9-11(15)25-13(17-9)16-7-19/h4,6-7H,5H2,1-3H3,(H,21,22)(H,16,17,19)/b6-4-,18-10?. The van der Waals surface area contributed by atoms with Gasteiger partial charge in [-0.05, 0) is 26.8 Å². The van der Waals surface area contributed by atoms with Crippen molar-refractivity contribution >= 4 is 52.1 Å². The SMILES string of the molecule is CC(C)(C)OC(=O)C/C=C\ON=C(C(=O)O)c1nc(NC=O)sc1Cl. The smallest absolute Gasteiger partial charge is 0.360 e. The molecule has 136 valence electrons. The molecule has 0 radical (unpaired) electrons. The molecule has 0 bridgehead atoms. The average Bonchev–Trinajstić information content (AvgIpc) is 2.81. The molecular weight excluding hydrogens is 374 g/mol. The zero-order valence-corrected chi connectivity index (χ0v) is 15.2. The molecule has 1 amide bonds. The maximum atomic E-state index is 11.5. The van der Waals surface area contributed by atoms with Gasteiger partial charge >= 0.3 is 11.9 Å². The molecule has 0 fully saturated rings. The molecule has 0 saturated heterocycles. The largest absolute Gasteiger partial charge is 0.476 e. The molecule has 1 aromatic heterocycles. The highest BCUT2D eigenvalue weighted by molar-refractivity contribution is 7.20. The van der Waals surface area contributed by atoms with E-state index in [1.54, 1.807) is 20.8 Å². The minimum atomic E-state index is -1.43. The van der Waals surface area contributed by atoms with E-state index < -0.39 is 23.3 Å². The van der Waals surface area contributed by atoms with Crippen molar-refractivity contribution < 1.29 is 29.1 Å². The Kier molecular flexibility index (Phi) is 7.52. The number of nitrogens with one attached hydrogen (secondary N) is 1. The first kappa shape index (κ1) is 20.6. The number of carboxylic acids is 1. The van der Waals surface area contributed by atoms with Crippen LogP contribution >= 0.6 is 22.9 Å². The Balaban J connectivity index is 2.74. The molecular formula is C14H16ClN3O6S. The summed E-state index contributed by atoms with van der Waals surface area (Å²) in [4.78, 5) is 41.7. The van der Waals surface area contributed by atoms with Gasteiger partial charge in [0.05, 0.1) is 6.42 Å². The fourth-order valence-corrected chi connectivity index (χ4v) is 2.40. The second kappa shape index (κ2) is 9.14. The lowest BCUT2D eigenvalue weighted by Crippen LogP contribution is -2.23. The number of hydrogen-bond acceptors (Lipinski definition) is 8. The highest BCUT2D eigenvalue weighted by Gasteiger charge is 2.22. The third-order valence-electron chi connectivity index (χ3n) is 2.20. The Bertz CT molecular complexity index is 708. The van der Waals surface area contributed by atoms with Gasteiger partial charge in [-0.3, -0.25) is 9.59 Å². The van der Waals surface area contributed by atoms with Gasteiger partial charge in [-0.25, -0.2) is 9.78 Å². The van der Waals surface area contributed by atoms with Crippen molar-refractivity contribution in [2.75, 3.05) is 5.32 Å². The van der Waals surface area contributed by atoms with E-state index in [2.05, 4.69) is 15.5 Å². The van der Waals surface area contributed by atoms with E-state index in [1.165, 1.54) is 6.08 Å². The van der Waals surface area contributed by atoms with Gasteiger partial charge in [0, 0.05) is 0 Å². The first-order valence-corrected chi connectivity index (χ1v) is 8.04. The summed E-state index contributed by atoms with van der Waals surface area (Å²) in [6.07, 6.45) is 2.67. The number of oxime groups is 1. The number of anilines is 1. The van der Waals surface area contributed by atoms with Crippen LogP contribution in [0, 0.1) is 0 Å². The summed E-state index contributed by atoms with van der Waals surface area (Å²) >= 11 is 6.75. The van der Waals surface area contributed by atoms with Gasteiger partial charge in [0.2, 0.25) is 12.1 Å². The molecule has 0 aliphatic carbocycles. The highest BCUT2D eigenvalue weighted by atomic mass is 35.5. The normalized spacial score (nSPS) is 12.1. The molecule has 0 atom stereocenters. The molecule has 1 rings (SSSR count). The van der Waals surface area contributed by atoms with Crippen molar-refractivity contribution in [1.29, 1.82) is 0 Å². The summed E-state index contributed by atoms with van der Waals surface area (Å²) < 4.78 is 5.10. The highest BCUT2D eigenvalue weighted by Crippen LogP contribution is 2.28. The number of rotatable bonds is 8. The van der Waals surface area contributed by atoms with E-state index in [9.17, 15) is 14.4 Å². The van der Waals surface area contributed by atoms with Crippen LogP contribution in [0.25, 0.3) is 0 Å². The average molecular weight is 390 g/mol. The van der Waals surface area contributed by atoms with E-state index in [0.29, 0.717) is 6.41 Å². The van der Waals surface area contributed by atoms with Crippen LogP contribution in [-0.4, -0.2) is 39.8 Å². The molecule has 0 aliphatic rings. The van der Waals surface area contributed by atoms with Gasteiger partial charge in [0.1, 0.15) is 21.9 Å². The molecule has 9 nitrogen and oxygen atoms in total. The zero-order valence-electron chi connectivity index (χ0n) is 13.6. The fraction of sp³-hybridized carbons (Fsp3) is 0.357. The van der Waals surface area contributed by atoms with Crippen molar-refractivity contribution in [3.05, 3.63) is 22.4 Å². The third kappa shape index (κ3) is 7.31. The lowest BCUT2D eigenvalue weighted by atomic mass is 10.2. The second-order valence-corrected chi connectivity index (χ2v) is 7.02. The number of thiazole rings is 1. The number of aromatic nitrogens is 1. The van der Waals surface area contributed by atoms with Gasteiger partial charge in [-0.2, -0.15) is 0 Å². The summed E-state index contributed by atoms with van der Waals surface area (Å²) in [5.74, 6) is -1.90. The number of carboxylic acid groups (broad SMARTS) is 1. The Morgan fingerprint density at radius 3 is 2.68 bits per heavy atom. The zero-order chi connectivity index (χ0) is 19.0. The molecule has 2 N–H and O–H groups in total. The van der Waals surface area contributed by atoms with Gasteiger partial charge < -0.3 is 20.0 Å². The van der Waals surface area contributed by atoms with Gasteiger partial charge in [0.25, 0.3) is 0 Å². The van der Waals surface area contributed by atoms with E-state index in [0.717, 1.165) is 17.6 Å². The van der Waals surface area contributed by atoms with Crippen LogP contribution in [0.15, 0.2) is 17.5 Å². The number of nitrogens with zero attached hydrogens (tertiary/aromatic N) is 2. The minimum absolute atomic E-state index is 0.0202. The lowest BCUT2D eigenvalue weighted by molar-refractivity contribution is -0.153. The van der Waals surface area contributed by atoms with Crippen LogP contribution in [0.5, 0.6) is 0 Å². The lowest BCUT2D eigenvalue weighted by Gasteiger charge is -2.18. The quantitative estimate of drug-likeness (QED) is 0.230. The maximum Gasteiger partial charge on any atom is 0.360 e. The maximum absolute atomic E-state index is 11.5. The van der Waals surface area contributed by atoms with Gasteiger partial charge in [-0.15, -0.1) is 0 Å². The van der Waals surface area contributed by atoms with Crippen molar-refractivity contribution in [3.63, 3.8) is 0 Å². The van der Waals surface area contributed by atoms with Crippen LogP contribution < -0.4 is 5.32 Å². The predicted molar refractivity (Wildman–Crippen MR) is 91.7 cm³/mol. The molecule has 0 spiro atoms. The summed E-state index contributed by atoms with van der Waals surface area (Å²) in [5.41, 5.74) is -1.30. The van der Waals surface area contributed by atoms with Gasteiger partial charge in [-0.1, -0.05) is 28.1 Å². The molecule has 1 heterocycles. The van der Waals surface area contributed by atoms with Crippen molar-refractivity contribution in [2.45, 2.75) is 32.8 Å². The van der Waals surface area contributed by atoms with E-state index in [-0.39, 0.29) is 21.6 Å². The summed E-state index contributed by atoms with van der Waals surface area (Å²) in [7, 11) is 0. The van der Waals surface area contributed by atoms with Crippen molar-refractivity contribution in [2.24, 2.45) is 5.16 Å². The number of aliphatic carboxylic acids is 1. The predicted octanol–water partition coefficient (Wildman–Crippen LogP) is 2.42. The summed E-state index contributed by atoms with van der Waals surface area (Å²) in [6, 6.07) is 0. The molecule has 11 heteroatoms. The summed E-state index contributed by atoms with van der Waals surface area (Å²) in [6.45, 7) is 5.21. The Labute approximate surface area is 152 Å². The fourth-order valence-electron chi connectivity index (χ4n) is 1.40. The second-order valence-electron chi connectivity index (χ2n) is 5.42. The number of carbonyl (C=O) groups excluding carboxylic acids is 2. The van der Waals surface area contributed by atoms with E-state index in [1.807, 2.05) is 0 Å². The third-order valence-corrected chi connectivity index (χ3v) is 3.39. The molecule has 1 aromatic rings. The monoisotopic (exact) mass is 389 g/mol. The molecule has 0 aromatic carbocycles. The first-order chi connectivity index (χ1) is 11.6.